The SMILES string of the molecule is CCc1c(C(=O)O)n(C)c2c(F)cc(F)cc12. The van der Waals surface area contributed by atoms with Gasteiger partial charge in [-0.15, -0.1) is 0 Å². The van der Waals surface area contributed by atoms with Gasteiger partial charge in [0.1, 0.15) is 17.3 Å². The van der Waals surface area contributed by atoms with Crippen LogP contribution in [0.2, 0.25) is 0 Å². The van der Waals surface area contributed by atoms with E-state index < -0.39 is 17.6 Å². The van der Waals surface area contributed by atoms with E-state index in [0.717, 1.165) is 6.07 Å². The van der Waals surface area contributed by atoms with E-state index in [4.69, 9.17) is 5.11 Å². The summed E-state index contributed by atoms with van der Waals surface area (Å²) >= 11 is 0. The minimum absolute atomic E-state index is 0.00648. The maximum Gasteiger partial charge on any atom is 0.352 e. The van der Waals surface area contributed by atoms with Crippen LogP contribution in [0, 0.1) is 11.6 Å². The number of benzene rings is 1. The first-order chi connectivity index (χ1) is 7.97. The Morgan fingerprint density at radius 3 is 2.59 bits per heavy atom. The van der Waals surface area contributed by atoms with Crippen LogP contribution < -0.4 is 0 Å². The van der Waals surface area contributed by atoms with Gasteiger partial charge >= 0.3 is 5.97 Å². The number of rotatable bonds is 2. The van der Waals surface area contributed by atoms with Crippen LogP contribution in [0.3, 0.4) is 0 Å². The Morgan fingerprint density at radius 1 is 1.41 bits per heavy atom. The second-order valence-electron chi connectivity index (χ2n) is 3.83. The lowest BCUT2D eigenvalue weighted by Gasteiger charge is -2.00. The van der Waals surface area contributed by atoms with Crippen molar-refractivity contribution in [3.63, 3.8) is 0 Å². The Bertz CT molecular complexity index is 617. The molecule has 2 rings (SSSR count). The van der Waals surface area contributed by atoms with Crippen molar-refractivity contribution in [2.75, 3.05) is 0 Å². The van der Waals surface area contributed by atoms with E-state index in [1.165, 1.54) is 17.7 Å². The summed E-state index contributed by atoms with van der Waals surface area (Å²) < 4.78 is 28.1. The van der Waals surface area contributed by atoms with E-state index in [2.05, 4.69) is 0 Å². The van der Waals surface area contributed by atoms with Crippen molar-refractivity contribution in [3.05, 3.63) is 35.0 Å². The number of carboxylic acid groups (broad SMARTS) is 1. The molecule has 5 heteroatoms. The number of hydrogen-bond donors (Lipinski definition) is 1. The summed E-state index contributed by atoms with van der Waals surface area (Å²) in [6, 6.07) is 1.93. The number of aryl methyl sites for hydroxylation is 2. The van der Waals surface area contributed by atoms with Gasteiger partial charge in [-0.2, -0.15) is 0 Å². The topological polar surface area (TPSA) is 42.2 Å². The molecule has 0 fully saturated rings. The fourth-order valence-electron chi connectivity index (χ4n) is 2.21. The molecule has 0 unspecified atom stereocenters. The zero-order chi connectivity index (χ0) is 12.7. The van der Waals surface area contributed by atoms with Crippen LogP contribution in [0.15, 0.2) is 12.1 Å². The average Bonchev–Trinajstić information content (AvgIpc) is 2.50. The second kappa shape index (κ2) is 3.84. The molecular formula is C12H11F2NO2. The first-order valence-electron chi connectivity index (χ1n) is 5.17. The number of nitrogens with zero attached hydrogens (tertiary/aromatic N) is 1. The molecule has 17 heavy (non-hydrogen) atoms. The van der Waals surface area contributed by atoms with E-state index in [0.29, 0.717) is 17.4 Å². The Balaban J connectivity index is 2.99. The summed E-state index contributed by atoms with van der Waals surface area (Å²) in [5, 5.41) is 9.43. The van der Waals surface area contributed by atoms with E-state index in [9.17, 15) is 13.6 Å². The van der Waals surface area contributed by atoms with Crippen LogP contribution in [0.5, 0.6) is 0 Å². The molecule has 0 amide bonds. The summed E-state index contributed by atoms with van der Waals surface area (Å²) in [4.78, 5) is 11.1. The van der Waals surface area contributed by atoms with E-state index in [1.807, 2.05) is 0 Å². The third-order valence-electron chi connectivity index (χ3n) is 2.87. The molecule has 0 saturated carbocycles. The molecule has 3 nitrogen and oxygen atoms in total. The molecular weight excluding hydrogens is 228 g/mol. The molecule has 2 aromatic rings. The van der Waals surface area contributed by atoms with Gasteiger partial charge in [0.15, 0.2) is 0 Å². The maximum atomic E-state index is 13.6. The van der Waals surface area contributed by atoms with Gasteiger partial charge in [-0.05, 0) is 18.1 Å². The normalized spacial score (nSPS) is 11.1. The van der Waals surface area contributed by atoms with Gasteiger partial charge in [-0.3, -0.25) is 0 Å². The summed E-state index contributed by atoms with van der Waals surface area (Å²) in [6.45, 7) is 1.75. The molecule has 0 bridgehead atoms. The molecule has 0 aliphatic heterocycles. The van der Waals surface area contributed by atoms with Crippen molar-refractivity contribution in [2.24, 2.45) is 7.05 Å². The predicted molar refractivity (Wildman–Crippen MR) is 59.2 cm³/mol. The van der Waals surface area contributed by atoms with E-state index in [-0.39, 0.29) is 11.2 Å². The average molecular weight is 239 g/mol. The maximum absolute atomic E-state index is 13.6. The number of halogens is 2. The lowest BCUT2D eigenvalue weighted by Crippen LogP contribution is -2.07. The zero-order valence-electron chi connectivity index (χ0n) is 9.42. The molecule has 1 N–H and O–H groups in total. The van der Waals surface area contributed by atoms with Crippen LogP contribution in [0.1, 0.15) is 23.0 Å². The van der Waals surface area contributed by atoms with E-state index >= 15 is 0 Å². The highest BCUT2D eigenvalue weighted by Crippen LogP contribution is 2.28. The van der Waals surface area contributed by atoms with Gasteiger partial charge < -0.3 is 9.67 Å². The van der Waals surface area contributed by atoms with Gasteiger partial charge in [0.05, 0.1) is 5.52 Å². The predicted octanol–water partition coefficient (Wildman–Crippen LogP) is 2.72. The highest BCUT2D eigenvalue weighted by Gasteiger charge is 2.21. The van der Waals surface area contributed by atoms with E-state index in [1.54, 1.807) is 6.92 Å². The van der Waals surface area contributed by atoms with Crippen molar-refractivity contribution in [3.8, 4) is 0 Å². The standard InChI is InChI=1S/C12H11F2NO2/c1-3-7-8-4-6(13)5-9(14)10(8)15(2)11(7)12(16)17/h4-5H,3H2,1-2H3,(H,16,17). The highest BCUT2D eigenvalue weighted by atomic mass is 19.1. The smallest absolute Gasteiger partial charge is 0.352 e. The van der Waals surface area contributed by atoms with Gasteiger partial charge in [0.2, 0.25) is 0 Å². The number of fused-ring (bicyclic) bond motifs is 1. The van der Waals surface area contributed by atoms with Gasteiger partial charge in [0.25, 0.3) is 0 Å². The lowest BCUT2D eigenvalue weighted by atomic mass is 10.1. The summed E-state index contributed by atoms with van der Waals surface area (Å²) in [7, 11) is 1.46. The van der Waals surface area contributed by atoms with Crippen molar-refractivity contribution >= 4 is 16.9 Å². The minimum atomic E-state index is -1.14. The highest BCUT2D eigenvalue weighted by molar-refractivity contribution is 5.98. The lowest BCUT2D eigenvalue weighted by molar-refractivity contribution is 0.0686. The molecule has 1 aromatic heterocycles. The second-order valence-corrected chi connectivity index (χ2v) is 3.83. The number of carbonyl (C=O) groups is 1. The molecule has 0 saturated heterocycles. The van der Waals surface area contributed by atoms with Crippen LogP contribution >= 0.6 is 0 Å². The van der Waals surface area contributed by atoms with Gasteiger partial charge in [0, 0.05) is 18.5 Å². The monoisotopic (exact) mass is 239 g/mol. The Kier molecular flexibility index (Phi) is 2.61. The van der Waals surface area contributed by atoms with Gasteiger partial charge in [-0.25, -0.2) is 13.6 Å². The molecule has 0 atom stereocenters. The summed E-state index contributed by atoms with van der Waals surface area (Å²) in [5.74, 6) is -2.59. The fourth-order valence-corrected chi connectivity index (χ4v) is 2.21. The molecule has 0 radical (unpaired) electrons. The Morgan fingerprint density at radius 2 is 2.06 bits per heavy atom. The van der Waals surface area contributed by atoms with Crippen LogP contribution in [-0.2, 0) is 13.5 Å². The van der Waals surface area contributed by atoms with Crippen LogP contribution in [-0.4, -0.2) is 15.6 Å². The van der Waals surface area contributed by atoms with Crippen molar-refractivity contribution in [1.82, 2.24) is 4.57 Å². The largest absolute Gasteiger partial charge is 0.477 e. The fraction of sp³-hybridized carbons (Fsp3) is 0.250. The molecule has 1 heterocycles. The van der Waals surface area contributed by atoms with Crippen LogP contribution in [0.4, 0.5) is 8.78 Å². The van der Waals surface area contributed by atoms with Crippen LogP contribution in [0.25, 0.3) is 10.9 Å². The number of carboxylic acids is 1. The third kappa shape index (κ3) is 1.58. The van der Waals surface area contributed by atoms with Gasteiger partial charge in [-0.1, -0.05) is 6.92 Å². The summed E-state index contributed by atoms with van der Waals surface area (Å²) in [6.07, 6.45) is 0.405. The molecule has 0 aliphatic carbocycles. The Labute approximate surface area is 96.3 Å². The molecule has 0 spiro atoms. The first-order valence-corrected chi connectivity index (χ1v) is 5.17. The quantitative estimate of drug-likeness (QED) is 0.875. The summed E-state index contributed by atoms with van der Waals surface area (Å²) in [5.41, 5.74) is 0.584. The minimum Gasteiger partial charge on any atom is -0.477 e. The molecule has 90 valence electrons. The first kappa shape index (κ1) is 11.6. The zero-order valence-corrected chi connectivity index (χ0v) is 9.42. The van der Waals surface area contributed by atoms with Crippen molar-refractivity contribution in [2.45, 2.75) is 13.3 Å². The number of aromatic carboxylic acids is 1. The number of hydrogen-bond acceptors (Lipinski definition) is 1. The van der Waals surface area contributed by atoms with Crippen molar-refractivity contribution < 1.29 is 18.7 Å². The molecule has 0 aliphatic rings. The van der Waals surface area contributed by atoms with Crippen molar-refractivity contribution in [1.29, 1.82) is 0 Å². The third-order valence-corrected chi connectivity index (χ3v) is 2.87. The molecule has 1 aromatic carbocycles. The Hall–Kier alpha value is -1.91. The number of aromatic nitrogens is 1.